The van der Waals surface area contributed by atoms with Crippen LogP contribution in [0.2, 0.25) is 0 Å². The summed E-state index contributed by atoms with van der Waals surface area (Å²) in [6.07, 6.45) is 3.06. The van der Waals surface area contributed by atoms with E-state index in [1.807, 2.05) is 12.2 Å². The van der Waals surface area contributed by atoms with Crippen LogP contribution in [0.15, 0.2) is 24.8 Å². The molecule has 3 fully saturated rings. The third-order valence-corrected chi connectivity index (χ3v) is 7.92. The van der Waals surface area contributed by atoms with Crippen LogP contribution < -0.4 is 10.6 Å². The molecule has 2 aromatic heterocycles. The molecule has 2 aromatic rings. The van der Waals surface area contributed by atoms with E-state index >= 15 is 0 Å². The Morgan fingerprint density at radius 3 is 2.79 bits per heavy atom. The Kier molecular flexibility index (Phi) is 7.10. The number of fused-ring (bicyclic) bond motifs is 3. The van der Waals surface area contributed by atoms with Gasteiger partial charge in [0.15, 0.2) is 23.2 Å². The van der Waals surface area contributed by atoms with Crippen LogP contribution in [-0.2, 0) is 23.7 Å². The highest BCUT2D eigenvalue weighted by atomic mass is 16.6. The number of imidazole rings is 1. The number of anilines is 1. The Bertz CT molecular complexity index is 1250. The minimum absolute atomic E-state index is 0.0197. The zero-order chi connectivity index (χ0) is 27.1. The highest BCUT2D eigenvalue weighted by Crippen LogP contribution is 2.44. The largest absolute Gasteiger partial charge is 0.466 e. The van der Waals surface area contributed by atoms with Crippen LogP contribution in [0.4, 0.5) is 10.6 Å². The highest BCUT2D eigenvalue weighted by Gasteiger charge is 2.50. The Hall–Kier alpha value is -3.33. The molecule has 0 radical (unpaired) electrons. The Balaban J connectivity index is 1.09. The summed E-state index contributed by atoms with van der Waals surface area (Å²) in [7, 11) is 0. The van der Waals surface area contributed by atoms with Gasteiger partial charge in [0.1, 0.15) is 31.2 Å². The molecular formula is C25H32N6O8. The van der Waals surface area contributed by atoms with Gasteiger partial charge in [-0.1, -0.05) is 12.2 Å². The Morgan fingerprint density at radius 2 is 2.00 bits per heavy atom. The van der Waals surface area contributed by atoms with Crippen LogP contribution in [0.5, 0.6) is 0 Å². The van der Waals surface area contributed by atoms with E-state index in [9.17, 15) is 19.8 Å². The molecule has 2 aliphatic heterocycles. The molecule has 14 nitrogen and oxygen atoms in total. The standard InChI is InChI=1S/C25H32N6O8/c1-2-37-24(34)16-12-3-4-13(7-12)17(16)30-25(35)38-9-15-19(32)20(33)23(39-15)31-11-28-18-21(26-10-27-22(18)31)29-14-5-6-36-8-14/h3-4,10-17,19-20,23,32-33H,2,5-9H2,1H3,(H,30,35)(H,26,27,29)/t12?,13?,14-,15-,16?,17?,19-,20-,23?/m1/s1. The lowest BCUT2D eigenvalue weighted by Crippen LogP contribution is -2.47. The van der Waals surface area contributed by atoms with E-state index < -0.39 is 42.6 Å². The number of nitrogens with zero attached hydrogens (tertiary/aromatic N) is 4. The molecule has 6 rings (SSSR count). The molecule has 4 N–H and O–H groups in total. The van der Waals surface area contributed by atoms with Crippen molar-refractivity contribution in [2.24, 2.45) is 17.8 Å². The number of esters is 1. The first-order valence-electron chi connectivity index (χ1n) is 13.3. The van der Waals surface area contributed by atoms with Crippen LogP contribution in [0.1, 0.15) is 26.0 Å². The summed E-state index contributed by atoms with van der Waals surface area (Å²) in [5.74, 6) is -0.231. The molecule has 210 valence electrons. The zero-order valence-electron chi connectivity index (χ0n) is 21.4. The summed E-state index contributed by atoms with van der Waals surface area (Å²) in [4.78, 5) is 38.1. The third-order valence-electron chi connectivity index (χ3n) is 7.92. The second-order valence-corrected chi connectivity index (χ2v) is 10.3. The number of aromatic nitrogens is 4. The van der Waals surface area contributed by atoms with Gasteiger partial charge in [0.05, 0.1) is 37.5 Å². The van der Waals surface area contributed by atoms with Gasteiger partial charge in [-0.05, 0) is 31.6 Å². The molecule has 1 saturated carbocycles. The number of alkyl carbamates (subject to hydrolysis) is 1. The molecule has 2 saturated heterocycles. The maximum absolute atomic E-state index is 12.7. The van der Waals surface area contributed by atoms with E-state index in [1.165, 1.54) is 17.2 Å². The fourth-order valence-corrected chi connectivity index (χ4v) is 6.00. The van der Waals surface area contributed by atoms with Crippen molar-refractivity contribution in [3.05, 3.63) is 24.8 Å². The summed E-state index contributed by atoms with van der Waals surface area (Å²) in [6.45, 7) is 2.94. The smallest absolute Gasteiger partial charge is 0.407 e. The first-order valence-corrected chi connectivity index (χ1v) is 13.3. The third kappa shape index (κ3) is 4.81. The van der Waals surface area contributed by atoms with Crippen molar-refractivity contribution in [3.8, 4) is 0 Å². The number of rotatable bonds is 8. The summed E-state index contributed by atoms with van der Waals surface area (Å²) < 4.78 is 23.4. The van der Waals surface area contributed by atoms with Crippen molar-refractivity contribution in [2.75, 3.05) is 31.7 Å². The number of amides is 1. The van der Waals surface area contributed by atoms with Crippen LogP contribution in [0.3, 0.4) is 0 Å². The molecule has 4 heterocycles. The molecule has 0 spiro atoms. The van der Waals surface area contributed by atoms with Gasteiger partial charge >= 0.3 is 12.1 Å². The maximum Gasteiger partial charge on any atom is 0.407 e. The molecular weight excluding hydrogens is 512 g/mol. The summed E-state index contributed by atoms with van der Waals surface area (Å²) in [6, 6.07) is -0.325. The number of aliphatic hydroxyl groups is 2. The average molecular weight is 545 g/mol. The van der Waals surface area contributed by atoms with E-state index in [0.29, 0.717) is 30.2 Å². The highest BCUT2D eigenvalue weighted by molar-refractivity contribution is 5.83. The van der Waals surface area contributed by atoms with Gasteiger partial charge in [-0.15, -0.1) is 0 Å². The minimum Gasteiger partial charge on any atom is -0.466 e. The summed E-state index contributed by atoms with van der Waals surface area (Å²) >= 11 is 0. The van der Waals surface area contributed by atoms with Crippen LogP contribution in [0, 0.1) is 17.8 Å². The minimum atomic E-state index is -1.33. The molecule has 2 aliphatic carbocycles. The van der Waals surface area contributed by atoms with Crippen LogP contribution in [-0.4, -0.2) is 98.6 Å². The number of aliphatic hydroxyl groups excluding tert-OH is 2. The van der Waals surface area contributed by atoms with Gasteiger partial charge in [-0.3, -0.25) is 9.36 Å². The van der Waals surface area contributed by atoms with Crippen LogP contribution >= 0.6 is 0 Å². The van der Waals surface area contributed by atoms with E-state index in [4.69, 9.17) is 18.9 Å². The van der Waals surface area contributed by atoms with Crippen LogP contribution in [0.25, 0.3) is 11.2 Å². The molecule has 0 aromatic carbocycles. The fourth-order valence-electron chi connectivity index (χ4n) is 6.00. The van der Waals surface area contributed by atoms with E-state index in [0.717, 1.165) is 12.8 Å². The zero-order valence-corrected chi connectivity index (χ0v) is 21.4. The topological polar surface area (TPSA) is 179 Å². The predicted octanol–water partition coefficient (Wildman–Crippen LogP) is 0.126. The van der Waals surface area contributed by atoms with E-state index in [-0.39, 0.29) is 37.1 Å². The number of carbonyl (C=O) groups excluding carboxylic acids is 2. The van der Waals surface area contributed by atoms with Crippen molar-refractivity contribution < 1.29 is 38.7 Å². The lowest BCUT2D eigenvalue weighted by atomic mass is 9.89. The normalized spacial score (nSPS) is 35.0. The van der Waals surface area contributed by atoms with Gasteiger partial charge < -0.3 is 39.8 Å². The van der Waals surface area contributed by atoms with Crippen molar-refractivity contribution in [1.29, 1.82) is 0 Å². The van der Waals surface area contributed by atoms with Gasteiger partial charge in [-0.25, -0.2) is 19.7 Å². The summed E-state index contributed by atoms with van der Waals surface area (Å²) in [5, 5.41) is 27.5. The van der Waals surface area contributed by atoms with E-state index in [1.54, 1.807) is 6.92 Å². The summed E-state index contributed by atoms with van der Waals surface area (Å²) in [5.41, 5.74) is 0.904. The van der Waals surface area contributed by atoms with Gasteiger partial charge in [0.2, 0.25) is 0 Å². The number of ether oxygens (including phenoxy) is 4. The second kappa shape index (κ2) is 10.7. The monoisotopic (exact) mass is 544 g/mol. The number of hydrogen-bond acceptors (Lipinski definition) is 12. The van der Waals surface area contributed by atoms with Gasteiger partial charge in [-0.2, -0.15) is 0 Å². The predicted molar refractivity (Wildman–Crippen MR) is 133 cm³/mol. The van der Waals surface area contributed by atoms with Crippen molar-refractivity contribution >= 4 is 29.0 Å². The molecule has 9 atom stereocenters. The van der Waals surface area contributed by atoms with Crippen molar-refractivity contribution in [1.82, 2.24) is 24.8 Å². The first kappa shape index (κ1) is 25.9. The lowest BCUT2D eigenvalue weighted by molar-refractivity contribution is -0.149. The quantitative estimate of drug-likeness (QED) is 0.261. The van der Waals surface area contributed by atoms with Crippen molar-refractivity contribution in [3.63, 3.8) is 0 Å². The SMILES string of the molecule is CCOC(=O)C1C2C=CC(C2)C1NC(=O)OC[C@H]1OC(n2cnc3c(N[C@@H]4CCOC4)ncnc32)[C@H](O)[C@@H]1O. The average Bonchev–Trinajstić information content (AvgIpc) is 3.75. The molecule has 5 unspecified atom stereocenters. The molecule has 1 amide bonds. The number of nitrogens with one attached hydrogen (secondary N) is 2. The first-order chi connectivity index (χ1) is 18.9. The second-order valence-electron chi connectivity index (χ2n) is 10.3. The number of hydrogen-bond donors (Lipinski definition) is 4. The molecule has 4 aliphatic rings. The Labute approximate surface area is 223 Å². The van der Waals surface area contributed by atoms with E-state index in [2.05, 4.69) is 25.6 Å². The number of carbonyl (C=O) groups is 2. The van der Waals surface area contributed by atoms with Gasteiger partial charge in [0, 0.05) is 6.61 Å². The molecule has 2 bridgehead atoms. The molecule has 14 heteroatoms. The van der Waals surface area contributed by atoms with Crippen molar-refractivity contribution in [2.45, 2.75) is 56.4 Å². The number of allylic oxidation sites excluding steroid dienone is 1. The molecule has 39 heavy (non-hydrogen) atoms. The lowest BCUT2D eigenvalue weighted by Gasteiger charge is -2.27. The maximum atomic E-state index is 12.7. The Morgan fingerprint density at radius 1 is 1.15 bits per heavy atom. The van der Waals surface area contributed by atoms with Gasteiger partial charge in [0.25, 0.3) is 0 Å². The fraction of sp³-hybridized carbons (Fsp3) is 0.640.